The molecule has 1 aromatic carbocycles. The molecule has 1 saturated heterocycles. The van der Waals surface area contributed by atoms with Crippen molar-refractivity contribution in [2.24, 2.45) is 22.7 Å². The molecule has 1 aromatic rings. The summed E-state index contributed by atoms with van der Waals surface area (Å²) in [6.45, 7) is 10.7. The molecular weight excluding hydrogens is 678 g/mol. The fourth-order valence-electron chi connectivity index (χ4n) is 8.74. The fourth-order valence-corrected chi connectivity index (χ4v) is 8.74. The Balaban J connectivity index is 1.60. The SMILES string of the molecule is C/C=C/COC(=O)NC(C(C)C)C(O)C(=O)OC1CC2(O)C(OC(=O)c3ccccc3)C3[C@]4(O)COC4CC(O)[C@@]3(C)C(=O)C(O)C(=C1C)C2(C)C. The van der Waals surface area contributed by atoms with Gasteiger partial charge in [0.05, 0.1) is 35.8 Å². The van der Waals surface area contributed by atoms with Crippen LogP contribution in [0.1, 0.15) is 71.7 Å². The molecule has 6 N–H and O–H groups in total. The molecule has 0 radical (unpaired) electrons. The van der Waals surface area contributed by atoms with Crippen LogP contribution in [0.4, 0.5) is 4.79 Å². The van der Waals surface area contributed by atoms with Gasteiger partial charge in [-0.15, -0.1) is 0 Å². The third kappa shape index (κ3) is 6.26. The first-order chi connectivity index (χ1) is 24.3. The van der Waals surface area contributed by atoms with Gasteiger partial charge in [0.2, 0.25) is 0 Å². The Kier molecular flexibility index (Phi) is 10.9. The third-order valence-electron chi connectivity index (χ3n) is 12.0. The maximum Gasteiger partial charge on any atom is 0.407 e. The average Bonchev–Trinajstić information content (AvgIpc) is 3.09. The number of fused-ring (bicyclic) bond motifs is 5. The summed E-state index contributed by atoms with van der Waals surface area (Å²) in [5, 5.41) is 62.5. The first-order valence-corrected chi connectivity index (χ1v) is 17.6. The van der Waals surface area contributed by atoms with Crippen LogP contribution in [0, 0.1) is 22.7 Å². The maximum absolute atomic E-state index is 14.6. The zero-order valence-corrected chi connectivity index (χ0v) is 30.6. The fraction of sp³-hybridized carbons (Fsp3) is 0.632. The summed E-state index contributed by atoms with van der Waals surface area (Å²) in [6.07, 6.45) is -7.71. The van der Waals surface area contributed by atoms with Gasteiger partial charge in [-0.25, -0.2) is 14.4 Å². The number of carbonyl (C=O) groups is 4. The second-order valence-electron chi connectivity index (χ2n) is 15.6. The number of ketones is 1. The largest absolute Gasteiger partial charge is 0.456 e. The van der Waals surface area contributed by atoms with Crippen molar-refractivity contribution < 1.29 is 63.7 Å². The molecule has 0 spiro atoms. The van der Waals surface area contributed by atoms with Crippen molar-refractivity contribution in [1.29, 1.82) is 0 Å². The van der Waals surface area contributed by atoms with Crippen molar-refractivity contribution in [3.63, 3.8) is 0 Å². The number of aliphatic hydroxyl groups is 5. The number of nitrogens with one attached hydrogen (secondary N) is 1. The molecule has 52 heavy (non-hydrogen) atoms. The number of allylic oxidation sites excluding steroid dienone is 1. The van der Waals surface area contributed by atoms with E-state index in [1.54, 1.807) is 65.0 Å². The normalized spacial score (nSPS) is 36.4. The maximum atomic E-state index is 14.6. The molecule has 2 bridgehead atoms. The van der Waals surface area contributed by atoms with Gasteiger partial charge in [-0.2, -0.15) is 0 Å². The molecule has 286 valence electrons. The minimum absolute atomic E-state index is 0.0313. The number of amides is 1. The van der Waals surface area contributed by atoms with Crippen molar-refractivity contribution in [3.8, 4) is 0 Å². The number of esters is 2. The highest BCUT2D eigenvalue weighted by atomic mass is 16.6. The lowest BCUT2D eigenvalue weighted by Crippen LogP contribution is -2.81. The molecule has 0 aromatic heterocycles. The minimum Gasteiger partial charge on any atom is -0.456 e. The zero-order valence-electron chi connectivity index (χ0n) is 30.6. The van der Waals surface area contributed by atoms with Gasteiger partial charge in [0, 0.05) is 24.2 Å². The Bertz CT molecular complexity index is 1620. The Morgan fingerprint density at radius 3 is 2.31 bits per heavy atom. The molecule has 1 amide bonds. The average molecular weight is 730 g/mol. The highest BCUT2D eigenvalue weighted by Gasteiger charge is 2.76. The summed E-state index contributed by atoms with van der Waals surface area (Å²) in [5.74, 6) is -4.95. The standard InChI is InChI=1S/C38H51NO13/c1-8-9-15-49-34(46)39-26(19(2)3)28(42)33(45)51-22-17-38(48)31(52-32(44)21-13-11-10-12-14-21)29-36(7,23(40)16-24-37(29,47)18-50-24)30(43)27(41)25(20(22)4)35(38,5)6/h8-14,19,22-24,26-29,31,40-42,47-48H,15-18H2,1-7H3,(H,39,46)/b9-8+/t22?,23?,24?,26?,27?,28?,29?,31?,36-,37+,38?/m1/s1. The van der Waals surface area contributed by atoms with E-state index in [2.05, 4.69) is 5.32 Å². The summed E-state index contributed by atoms with van der Waals surface area (Å²) in [6, 6.07) is 6.73. The van der Waals surface area contributed by atoms with Gasteiger partial charge in [-0.05, 0) is 50.0 Å². The van der Waals surface area contributed by atoms with Gasteiger partial charge in [-0.3, -0.25) is 4.79 Å². The quantitative estimate of drug-likeness (QED) is 0.121. The van der Waals surface area contributed by atoms with E-state index in [1.807, 2.05) is 0 Å². The number of alkyl carbamates (subject to hydrolysis) is 1. The van der Waals surface area contributed by atoms with Gasteiger partial charge in [0.15, 0.2) is 11.9 Å². The van der Waals surface area contributed by atoms with Crippen molar-refractivity contribution in [2.75, 3.05) is 13.2 Å². The number of aliphatic hydroxyl groups excluding tert-OH is 3. The van der Waals surface area contributed by atoms with Gasteiger partial charge >= 0.3 is 18.0 Å². The highest BCUT2D eigenvalue weighted by Crippen LogP contribution is 2.63. The summed E-state index contributed by atoms with van der Waals surface area (Å²) >= 11 is 0. The second kappa shape index (κ2) is 14.3. The van der Waals surface area contributed by atoms with Crippen LogP contribution in [-0.4, -0.2) is 116 Å². The number of hydrogen-bond donors (Lipinski definition) is 6. The Morgan fingerprint density at radius 1 is 1.08 bits per heavy atom. The van der Waals surface area contributed by atoms with Gasteiger partial charge in [0.25, 0.3) is 0 Å². The van der Waals surface area contributed by atoms with Crippen molar-refractivity contribution >= 4 is 23.8 Å². The molecule has 9 unspecified atom stereocenters. The van der Waals surface area contributed by atoms with Crippen molar-refractivity contribution in [3.05, 3.63) is 59.2 Å². The second-order valence-corrected chi connectivity index (χ2v) is 15.6. The Morgan fingerprint density at radius 2 is 1.73 bits per heavy atom. The lowest BCUT2D eigenvalue weighted by molar-refractivity contribution is -0.343. The molecule has 1 aliphatic heterocycles. The zero-order chi connectivity index (χ0) is 38.6. The Labute approximate surface area is 302 Å². The summed E-state index contributed by atoms with van der Waals surface area (Å²) in [5.41, 5.74) is -7.43. The number of carbonyl (C=O) groups excluding carboxylic acids is 4. The van der Waals surface area contributed by atoms with Crippen LogP contribution < -0.4 is 5.32 Å². The van der Waals surface area contributed by atoms with Crippen LogP contribution >= 0.6 is 0 Å². The predicted molar refractivity (Wildman–Crippen MR) is 183 cm³/mol. The molecule has 11 atom stereocenters. The van der Waals surface area contributed by atoms with Crippen LogP contribution in [0.3, 0.4) is 0 Å². The summed E-state index contributed by atoms with van der Waals surface area (Å²) in [4.78, 5) is 54.5. The molecule has 5 rings (SSSR count). The molecule has 14 nitrogen and oxygen atoms in total. The number of hydrogen-bond acceptors (Lipinski definition) is 13. The van der Waals surface area contributed by atoms with Crippen LogP contribution in [0.25, 0.3) is 0 Å². The molecular formula is C38H51NO13. The highest BCUT2D eigenvalue weighted by molar-refractivity contribution is 5.94. The lowest BCUT2D eigenvalue weighted by atomic mass is 9.44. The summed E-state index contributed by atoms with van der Waals surface area (Å²) < 4.78 is 22.7. The monoisotopic (exact) mass is 729 g/mol. The van der Waals surface area contributed by atoms with E-state index in [1.165, 1.54) is 26.0 Å². The number of rotatable bonds is 9. The Hall–Kier alpha value is -3.66. The molecule has 2 saturated carbocycles. The van der Waals surface area contributed by atoms with E-state index >= 15 is 0 Å². The topological polar surface area (TPSA) is 218 Å². The first-order valence-electron chi connectivity index (χ1n) is 17.6. The van der Waals surface area contributed by atoms with Crippen molar-refractivity contribution in [2.45, 2.75) is 115 Å². The molecule has 4 aliphatic rings. The van der Waals surface area contributed by atoms with Crippen LogP contribution in [0.15, 0.2) is 53.6 Å². The van der Waals surface area contributed by atoms with Gasteiger partial charge < -0.3 is 49.8 Å². The first kappa shape index (κ1) is 39.5. The van der Waals surface area contributed by atoms with Crippen LogP contribution in [0.5, 0.6) is 0 Å². The van der Waals surface area contributed by atoms with Crippen LogP contribution in [-0.2, 0) is 28.5 Å². The lowest BCUT2D eigenvalue weighted by Gasteiger charge is -2.66. The third-order valence-corrected chi connectivity index (χ3v) is 12.0. The minimum atomic E-state index is -2.28. The van der Waals surface area contributed by atoms with E-state index in [4.69, 9.17) is 18.9 Å². The molecule has 14 heteroatoms. The van der Waals surface area contributed by atoms with Crippen molar-refractivity contribution in [1.82, 2.24) is 5.32 Å². The van der Waals surface area contributed by atoms with Gasteiger partial charge in [-0.1, -0.05) is 58.0 Å². The van der Waals surface area contributed by atoms with E-state index in [9.17, 15) is 44.7 Å². The van der Waals surface area contributed by atoms with E-state index < -0.39 is 107 Å². The number of benzene rings is 1. The van der Waals surface area contributed by atoms with E-state index in [-0.39, 0.29) is 36.3 Å². The van der Waals surface area contributed by atoms with Gasteiger partial charge in [0.1, 0.15) is 36.1 Å². The molecule has 1 heterocycles. The number of Topliss-reactive ketones (excluding diaryl/α,β-unsaturated/α-hetero) is 1. The van der Waals surface area contributed by atoms with E-state index in [0.717, 1.165) is 0 Å². The number of ether oxygens (including phenoxy) is 4. The predicted octanol–water partition coefficient (Wildman–Crippen LogP) is 1.75. The smallest absolute Gasteiger partial charge is 0.407 e. The molecule has 3 fully saturated rings. The van der Waals surface area contributed by atoms with Crippen LogP contribution in [0.2, 0.25) is 0 Å². The molecule has 3 aliphatic carbocycles. The van der Waals surface area contributed by atoms with E-state index in [0.29, 0.717) is 0 Å². The summed E-state index contributed by atoms with van der Waals surface area (Å²) in [7, 11) is 0.